The van der Waals surface area contributed by atoms with E-state index in [1.165, 1.54) is 6.26 Å². The van der Waals surface area contributed by atoms with Crippen molar-refractivity contribution < 1.29 is 8.95 Å². The molecule has 0 saturated carbocycles. The Morgan fingerprint density at radius 2 is 1.89 bits per heavy atom. The Balaban J connectivity index is 1.61. The van der Waals surface area contributed by atoms with E-state index in [0.717, 1.165) is 67.7 Å². The summed E-state index contributed by atoms with van der Waals surface area (Å²) in [5.41, 5.74) is 2.91. The summed E-state index contributed by atoms with van der Waals surface area (Å²) in [6.07, 6.45) is 4.58. The molecule has 7 nitrogen and oxygen atoms in total. The molecule has 1 aromatic carbocycles. The van der Waals surface area contributed by atoms with Crippen LogP contribution in [0.15, 0.2) is 12.1 Å². The third-order valence-corrected chi connectivity index (χ3v) is 7.80. The van der Waals surface area contributed by atoms with Crippen LogP contribution in [0.4, 0.5) is 5.69 Å². The van der Waals surface area contributed by atoms with Crippen molar-refractivity contribution in [2.24, 2.45) is 5.41 Å². The van der Waals surface area contributed by atoms with Gasteiger partial charge in [0.2, 0.25) is 0 Å². The van der Waals surface area contributed by atoms with E-state index in [4.69, 9.17) is 21.1 Å². The molecule has 0 amide bonds. The first-order chi connectivity index (χ1) is 13.2. The maximum atomic E-state index is 12.1. The summed E-state index contributed by atoms with van der Waals surface area (Å²) in [7, 11) is -1.02. The van der Waals surface area contributed by atoms with Gasteiger partial charge in [0.15, 0.2) is 0 Å². The van der Waals surface area contributed by atoms with Gasteiger partial charge >= 0.3 is 0 Å². The van der Waals surface area contributed by atoms with E-state index in [9.17, 15) is 4.21 Å². The zero-order chi connectivity index (χ0) is 20.1. The number of methoxy groups -OCH3 is 1. The summed E-state index contributed by atoms with van der Waals surface area (Å²) >= 11 is 6.38. The molecule has 1 atom stereocenters. The fourth-order valence-corrected chi connectivity index (χ4v) is 5.75. The van der Waals surface area contributed by atoms with Gasteiger partial charge in [-0.3, -0.25) is 0 Å². The second kappa shape index (κ2) is 7.00. The number of nitrogens with zero attached hydrogens (tertiary/aromatic N) is 4. The molecular weight excluding hydrogens is 398 g/mol. The highest BCUT2D eigenvalue weighted by molar-refractivity contribution is 7.89. The number of hydrogen-bond donors (Lipinski definition) is 1. The molecule has 2 aliphatic rings. The van der Waals surface area contributed by atoms with Crippen LogP contribution in [0, 0.1) is 17.1 Å². The minimum atomic E-state index is -2.62. The molecule has 1 unspecified atom stereocenters. The zero-order valence-corrected chi connectivity index (χ0v) is 18.1. The third kappa shape index (κ3) is 3.42. The van der Waals surface area contributed by atoms with Gasteiger partial charge in [0.25, 0.3) is 0 Å². The van der Waals surface area contributed by atoms with Crippen LogP contribution in [0.1, 0.15) is 25.0 Å². The number of anilines is 1. The molecular formula is C19H26ClN5O2S. The first kappa shape index (κ1) is 19.7. The summed E-state index contributed by atoms with van der Waals surface area (Å²) in [6.45, 7) is 5.31. The van der Waals surface area contributed by atoms with Crippen LogP contribution in [0.5, 0.6) is 5.75 Å². The van der Waals surface area contributed by atoms with Gasteiger partial charge < -0.3 is 9.64 Å². The average Bonchev–Trinajstić information content (AvgIpc) is 3.07. The van der Waals surface area contributed by atoms with Crippen molar-refractivity contribution in [2.75, 3.05) is 44.4 Å². The number of aryl methyl sites for hydroxylation is 1. The molecule has 0 bridgehead atoms. The summed E-state index contributed by atoms with van der Waals surface area (Å²) in [6, 6.07) is 3.75. The van der Waals surface area contributed by atoms with Crippen molar-refractivity contribution in [3.05, 3.63) is 22.8 Å². The van der Waals surface area contributed by atoms with Gasteiger partial charge in [-0.2, -0.15) is 5.10 Å². The lowest BCUT2D eigenvalue weighted by molar-refractivity contribution is 0.236. The number of fused-ring (bicyclic) bond motifs is 1. The predicted molar refractivity (Wildman–Crippen MR) is 113 cm³/mol. The van der Waals surface area contributed by atoms with Gasteiger partial charge in [0.05, 0.1) is 29.0 Å². The molecule has 1 aromatic heterocycles. The molecule has 4 rings (SSSR count). The second-order valence-corrected chi connectivity index (χ2v) is 10.6. The van der Waals surface area contributed by atoms with Gasteiger partial charge in [-0.15, -0.1) is 5.10 Å². The molecule has 1 spiro atoms. The molecule has 3 heterocycles. The Morgan fingerprint density at radius 3 is 2.50 bits per heavy atom. The fourth-order valence-electron chi connectivity index (χ4n) is 4.55. The Bertz CT molecular complexity index is 1020. The highest BCUT2D eigenvalue weighted by Gasteiger charge is 2.42. The first-order valence-corrected chi connectivity index (χ1v) is 11.8. The molecule has 2 saturated heterocycles. The van der Waals surface area contributed by atoms with Gasteiger partial charge in [0, 0.05) is 43.9 Å². The lowest BCUT2D eigenvalue weighted by Gasteiger charge is -2.41. The first-order valence-electron chi connectivity index (χ1n) is 9.47. The molecule has 28 heavy (non-hydrogen) atoms. The highest BCUT2D eigenvalue weighted by atomic mass is 35.5. The van der Waals surface area contributed by atoms with E-state index in [1.54, 1.807) is 7.11 Å². The molecule has 152 valence electrons. The van der Waals surface area contributed by atoms with Crippen LogP contribution in [-0.4, -0.2) is 58.3 Å². The number of halogens is 1. The van der Waals surface area contributed by atoms with Gasteiger partial charge in [0.1, 0.15) is 15.7 Å². The Kier molecular flexibility index (Phi) is 4.92. The number of hydrogen-bond acceptors (Lipinski definition) is 6. The molecule has 2 aliphatic heterocycles. The number of aromatic nitrogens is 2. The number of ether oxygens (including phenoxy) is 1. The molecule has 0 radical (unpaired) electrons. The Labute approximate surface area is 171 Å². The highest BCUT2D eigenvalue weighted by Crippen LogP contribution is 2.43. The predicted octanol–water partition coefficient (Wildman–Crippen LogP) is 3.48. The van der Waals surface area contributed by atoms with Crippen LogP contribution in [0.25, 0.3) is 10.9 Å². The van der Waals surface area contributed by atoms with Crippen LogP contribution in [0.3, 0.4) is 0 Å². The minimum Gasteiger partial charge on any atom is -0.495 e. The second-order valence-electron chi connectivity index (χ2n) is 8.04. The fraction of sp³-hybridized carbons (Fsp3) is 0.579. The minimum absolute atomic E-state index is 0.168. The number of piperidine rings is 1. The zero-order valence-electron chi connectivity index (χ0n) is 16.5. The van der Waals surface area contributed by atoms with E-state index in [0.29, 0.717) is 10.8 Å². The van der Waals surface area contributed by atoms with E-state index in [2.05, 4.69) is 15.1 Å². The molecule has 9 heteroatoms. The summed E-state index contributed by atoms with van der Waals surface area (Å²) in [5, 5.41) is 10.2. The normalized spacial score (nSPS) is 21.9. The summed E-state index contributed by atoms with van der Waals surface area (Å²) < 4.78 is 27.2. The standard InChI is InChI=1S/C19H26ClN5O2S/c1-13-18(14-10-15(20)17(27-2)11-16(14)23-22-13)24-7-4-19(5-8-24)6-9-25(12-19)28(3,21)26/h10-11,21H,4-9,12H2,1-3H3. The molecule has 1 N–H and O–H groups in total. The van der Waals surface area contributed by atoms with E-state index in [-0.39, 0.29) is 5.41 Å². The smallest absolute Gasteiger partial charge is 0.139 e. The Hall–Kier alpha value is -1.64. The maximum Gasteiger partial charge on any atom is 0.139 e. The van der Waals surface area contributed by atoms with Crippen LogP contribution < -0.4 is 9.64 Å². The van der Waals surface area contributed by atoms with Crippen LogP contribution in [-0.2, 0) is 9.92 Å². The summed E-state index contributed by atoms with van der Waals surface area (Å²) in [5.74, 6) is 0.598. The maximum absolute atomic E-state index is 12.1. The number of benzene rings is 1. The van der Waals surface area contributed by atoms with Gasteiger partial charge in [-0.05, 0) is 37.7 Å². The quantitative estimate of drug-likeness (QED) is 0.817. The van der Waals surface area contributed by atoms with Crippen molar-refractivity contribution in [2.45, 2.75) is 26.2 Å². The van der Waals surface area contributed by atoms with E-state index in [1.807, 2.05) is 23.4 Å². The van der Waals surface area contributed by atoms with E-state index >= 15 is 0 Å². The number of rotatable bonds is 3. The van der Waals surface area contributed by atoms with Crippen LogP contribution >= 0.6 is 11.6 Å². The largest absolute Gasteiger partial charge is 0.495 e. The van der Waals surface area contributed by atoms with Crippen molar-refractivity contribution in [3.63, 3.8) is 0 Å². The lowest BCUT2D eigenvalue weighted by Crippen LogP contribution is -2.42. The SMILES string of the molecule is COc1cc2nnc(C)c(N3CCC4(CC3)CCN(S(C)(=N)=O)C4)c2cc1Cl. The molecule has 2 fully saturated rings. The van der Waals surface area contributed by atoms with Crippen molar-refractivity contribution in [3.8, 4) is 5.75 Å². The van der Waals surface area contributed by atoms with Crippen molar-refractivity contribution in [1.29, 1.82) is 4.78 Å². The molecule has 2 aromatic rings. The summed E-state index contributed by atoms with van der Waals surface area (Å²) in [4.78, 5) is 2.37. The number of nitrogens with one attached hydrogen (secondary N) is 1. The van der Waals surface area contributed by atoms with Gasteiger partial charge in [-0.1, -0.05) is 11.6 Å². The van der Waals surface area contributed by atoms with Crippen molar-refractivity contribution in [1.82, 2.24) is 14.5 Å². The molecule has 0 aliphatic carbocycles. The monoisotopic (exact) mass is 423 g/mol. The van der Waals surface area contributed by atoms with E-state index < -0.39 is 9.92 Å². The Morgan fingerprint density at radius 1 is 1.21 bits per heavy atom. The third-order valence-electron chi connectivity index (χ3n) is 6.21. The average molecular weight is 424 g/mol. The van der Waals surface area contributed by atoms with Crippen LogP contribution in [0.2, 0.25) is 5.02 Å². The lowest BCUT2D eigenvalue weighted by atomic mass is 9.77. The van der Waals surface area contributed by atoms with Gasteiger partial charge in [-0.25, -0.2) is 13.3 Å². The van der Waals surface area contributed by atoms with Crippen molar-refractivity contribution >= 4 is 38.1 Å². The topological polar surface area (TPSA) is 82.4 Å².